The van der Waals surface area contributed by atoms with E-state index in [0.717, 1.165) is 18.8 Å². The van der Waals surface area contributed by atoms with Gasteiger partial charge in [-0.3, -0.25) is 5.01 Å². The highest BCUT2D eigenvalue weighted by molar-refractivity contribution is 5.71. The molecule has 3 heteroatoms. The second-order valence-electron chi connectivity index (χ2n) is 2.56. The van der Waals surface area contributed by atoms with Gasteiger partial charge in [0.05, 0.1) is 0 Å². The number of aliphatic imine (C=N–C) groups is 1. The van der Waals surface area contributed by atoms with Crippen LogP contribution >= 0.6 is 0 Å². The van der Waals surface area contributed by atoms with E-state index in [9.17, 15) is 0 Å². The Morgan fingerprint density at radius 3 is 2.91 bits per heavy atom. The molecule has 0 aromatic rings. The summed E-state index contributed by atoms with van der Waals surface area (Å²) in [6.45, 7) is 6.46. The molecule has 0 bridgehead atoms. The van der Waals surface area contributed by atoms with E-state index in [2.05, 4.69) is 11.6 Å². The first-order chi connectivity index (χ1) is 5.25. The van der Waals surface area contributed by atoms with Gasteiger partial charge < -0.3 is 0 Å². The molecule has 0 aliphatic carbocycles. The lowest BCUT2D eigenvalue weighted by atomic mass is 10.3. The first kappa shape index (κ1) is 8.01. The molecule has 0 atom stereocenters. The summed E-state index contributed by atoms with van der Waals surface area (Å²) < 4.78 is 0. The highest BCUT2D eigenvalue weighted by atomic mass is 15.4. The zero-order valence-corrected chi connectivity index (χ0v) is 6.75. The topological polar surface area (TPSA) is 41.6 Å². The second kappa shape index (κ2) is 3.34. The van der Waals surface area contributed by atoms with E-state index >= 15 is 0 Å². The predicted octanol–water partition coefficient (Wildman–Crippen LogP) is 1.05. The number of hydrazine groups is 1. The fraction of sp³-hybridized carbons (Fsp3) is 0.375. The molecule has 11 heavy (non-hydrogen) atoms. The number of nitrogens with zero attached hydrogens (tertiary/aromatic N) is 2. The zero-order valence-electron chi connectivity index (χ0n) is 6.75. The Bertz CT molecular complexity index is 215. The standard InChI is InChI=1S/C8H13N3/c1-3-5-10-8-7(2)4-6-11(8)9/h3,5H,1,4,6,9H2,2H3/b10-5-. The molecular weight excluding hydrogens is 138 g/mol. The quantitative estimate of drug-likeness (QED) is 0.473. The molecule has 1 rings (SSSR count). The Morgan fingerprint density at radius 2 is 2.45 bits per heavy atom. The average molecular weight is 151 g/mol. The van der Waals surface area contributed by atoms with Crippen LogP contribution in [0, 0.1) is 0 Å². The van der Waals surface area contributed by atoms with Crippen molar-refractivity contribution in [1.29, 1.82) is 0 Å². The van der Waals surface area contributed by atoms with Crippen LogP contribution in [-0.2, 0) is 0 Å². The van der Waals surface area contributed by atoms with Crippen molar-refractivity contribution in [2.45, 2.75) is 13.3 Å². The summed E-state index contributed by atoms with van der Waals surface area (Å²) >= 11 is 0. The minimum Gasteiger partial charge on any atom is -0.295 e. The third-order valence-corrected chi connectivity index (χ3v) is 1.68. The lowest BCUT2D eigenvalue weighted by molar-refractivity contribution is 0.391. The monoisotopic (exact) mass is 151 g/mol. The van der Waals surface area contributed by atoms with E-state index in [1.54, 1.807) is 17.3 Å². The molecule has 0 amide bonds. The van der Waals surface area contributed by atoms with E-state index in [0.29, 0.717) is 0 Å². The molecule has 0 spiro atoms. The van der Waals surface area contributed by atoms with Crippen molar-refractivity contribution in [2.24, 2.45) is 10.8 Å². The average Bonchev–Trinajstić information content (AvgIpc) is 2.29. The molecule has 60 valence electrons. The van der Waals surface area contributed by atoms with Crippen molar-refractivity contribution in [3.05, 3.63) is 24.0 Å². The Kier molecular flexibility index (Phi) is 2.44. The Labute approximate surface area is 66.9 Å². The molecule has 1 heterocycles. The Morgan fingerprint density at radius 1 is 1.73 bits per heavy atom. The molecule has 3 nitrogen and oxygen atoms in total. The van der Waals surface area contributed by atoms with E-state index < -0.39 is 0 Å². The largest absolute Gasteiger partial charge is 0.295 e. The first-order valence-electron chi connectivity index (χ1n) is 3.62. The maximum absolute atomic E-state index is 5.64. The van der Waals surface area contributed by atoms with Gasteiger partial charge in [-0.2, -0.15) is 0 Å². The van der Waals surface area contributed by atoms with Crippen LogP contribution in [0.2, 0.25) is 0 Å². The van der Waals surface area contributed by atoms with Gasteiger partial charge in [0, 0.05) is 12.8 Å². The third kappa shape index (κ3) is 1.68. The first-order valence-corrected chi connectivity index (χ1v) is 3.62. The smallest absolute Gasteiger partial charge is 0.141 e. The van der Waals surface area contributed by atoms with Crippen LogP contribution in [0.25, 0.3) is 0 Å². The zero-order chi connectivity index (χ0) is 8.27. The minimum absolute atomic E-state index is 0.871. The van der Waals surface area contributed by atoms with E-state index in [-0.39, 0.29) is 0 Å². The summed E-state index contributed by atoms with van der Waals surface area (Å²) in [5, 5.41) is 1.66. The SMILES string of the molecule is C=C/C=N\C1=C(C)CCN1N. The van der Waals surface area contributed by atoms with Gasteiger partial charge in [-0.15, -0.1) is 0 Å². The number of rotatable bonds is 2. The maximum atomic E-state index is 5.64. The van der Waals surface area contributed by atoms with Crippen molar-refractivity contribution in [3.63, 3.8) is 0 Å². The highest BCUT2D eigenvalue weighted by Crippen LogP contribution is 2.19. The molecular formula is C8H13N3. The van der Waals surface area contributed by atoms with Crippen LogP contribution in [0.1, 0.15) is 13.3 Å². The lowest BCUT2D eigenvalue weighted by Crippen LogP contribution is -2.26. The van der Waals surface area contributed by atoms with Crippen molar-refractivity contribution in [3.8, 4) is 0 Å². The lowest BCUT2D eigenvalue weighted by Gasteiger charge is -2.10. The molecule has 0 saturated heterocycles. The third-order valence-electron chi connectivity index (χ3n) is 1.68. The molecule has 0 aromatic carbocycles. The Balaban J connectivity index is 2.74. The molecule has 1 aliphatic heterocycles. The molecule has 0 fully saturated rings. The van der Waals surface area contributed by atoms with E-state index in [4.69, 9.17) is 5.84 Å². The van der Waals surface area contributed by atoms with Crippen molar-refractivity contribution < 1.29 is 0 Å². The van der Waals surface area contributed by atoms with E-state index in [1.807, 2.05) is 6.92 Å². The summed E-state index contributed by atoms with van der Waals surface area (Å²) in [5.74, 6) is 6.52. The van der Waals surface area contributed by atoms with Crippen LogP contribution in [0.5, 0.6) is 0 Å². The predicted molar refractivity (Wildman–Crippen MR) is 46.9 cm³/mol. The molecule has 0 radical (unpaired) electrons. The van der Waals surface area contributed by atoms with Crippen LogP contribution in [0.4, 0.5) is 0 Å². The summed E-state index contributed by atoms with van der Waals surface area (Å²) in [5.41, 5.74) is 1.24. The fourth-order valence-corrected chi connectivity index (χ4v) is 1.06. The van der Waals surface area contributed by atoms with Gasteiger partial charge in [-0.25, -0.2) is 10.8 Å². The molecule has 0 saturated carbocycles. The molecule has 0 unspecified atom stereocenters. The summed E-state index contributed by atoms with van der Waals surface area (Å²) in [4.78, 5) is 4.14. The van der Waals surface area contributed by atoms with Gasteiger partial charge in [0.15, 0.2) is 0 Å². The minimum atomic E-state index is 0.871. The molecule has 2 N–H and O–H groups in total. The van der Waals surface area contributed by atoms with E-state index in [1.165, 1.54) is 5.57 Å². The van der Waals surface area contributed by atoms with Crippen LogP contribution in [-0.4, -0.2) is 17.8 Å². The number of hydrogen-bond acceptors (Lipinski definition) is 3. The normalized spacial score (nSPS) is 18.5. The van der Waals surface area contributed by atoms with Crippen LogP contribution in [0.15, 0.2) is 29.0 Å². The summed E-state index contributed by atoms with van der Waals surface area (Å²) in [6, 6.07) is 0. The van der Waals surface area contributed by atoms with Crippen molar-refractivity contribution in [1.82, 2.24) is 5.01 Å². The second-order valence-corrected chi connectivity index (χ2v) is 2.56. The highest BCUT2D eigenvalue weighted by Gasteiger charge is 2.14. The number of hydrogen-bond donors (Lipinski definition) is 1. The van der Waals surface area contributed by atoms with Gasteiger partial charge in [-0.1, -0.05) is 12.7 Å². The van der Waals surface area contributed by atoms with Gasteiger partial charge in [0.25, 0.3) is 0 Å². The van der Waals surface area contributed by atoms with Gasteiger partial charge in [-0.05, 0) is 18.9 Å². The van der Waals surface area contributed by atoms with Crippen LogP contribution < -0.4 is 5.84 Å². The molecule has 0 aromatic heterocycles. The van der Waals surface area contributed by atoms with Gasteiger partial charge in [0.2, 0.25) is 0 Å². The molecule has 1 aliphatic rings. The van der Waals surface area contributed by atoms with Gasteiger partial charge in [0.1, 0.15) is 5.82 Å². The summed E-state index contributed by atoms with van der Waals surface area (Å²) in [7, 11) is 0. The fourth-order valence-electron chi connectivity index (χ4n) is 1.06. The summed E-state index contributed by atoms with van der Waals surface area (Å²) in [6.07, 6.45) is 4.32. The van der Waals surface area contributed by atoms with Crippen molar-refractivity contribution >= 4 is 6.21 Å². The number of allylic oxidation sites excluding steroid dienone is 1. The maximum Gasteiger partial charge on any atom is 0.141 e. The van der Waals surface area contributed by atoms with Gasteiger partial charge >= 0.3 is 0 Å². The van der Waals surface area contributed by atoms with Crippen LogP contribution in [0.3, 0.4) is 0 Å². The van der Waals surface area contributed by atoms with Crippen molar-refractivity contribution in [2.75, 3.05) is 6.54 Å². The Hall–Kier alpha value is -1.09. The number of nitrogens with two attached hydrogens (primary N) is 1.